The lowest BCUT2D eigenvalue weighted by molar-refractivity contribution is -0.202. The van der Waals surface area contributed by atoms with E-state index in [4.69, 9.17) is 24.3 Å². The summed E-state index contributed by atoms with van der Waals surface area (Å²) in [5.74, 6) is -0.386. The van der Waals surface area contributed by atoms with Crippen LogP contribution in [-0.4, -0.2) is 117 Å². The highest BCUT2D eigenvalue weighted by Crippen LogP contribution is 2.37. The van der Waals surface area contributed by atoms with Gasteiger partial charge in [-0.05, 0) is 49.4 Å². The molecule has 0 aromatic rings. The number of rotatable bonds is 8. The van der Waals surface area contributed by atoms with Gasteiger partial charge in [-0.1, -0.05) is 27.7 Å². The van der Waals surface area contributed by atoms with Crippen LogP contribution in [0.3, 0.4) is 0 Å². The Labute approximate surface area is 285 Å². The fourth-order valence-electron chi connectivity index (χ4n) is 7.82. The molecule has 278 valence electrons. The fourth-order valence-corrected chi connectivity index (χ4v) is 12.5. The number of hydroxylamine groups is 2. The first-order chi connectivity index (χ1) is 22.7. The molecule has 5 fully saturated rings. The highest BCUT2D eigenvalue weighted by atomic mass is 32.2. The Morgan fingerprint density at radius 1 is 0.688 bits per heavy atom. The zero-order valence-corrected chi connectivity index (χ0v) is 30.5. The molecule has 3 N–H and O–H groups in total. The van der Waals surface area contributed by atoms with E-state index in [1.165, 1.54) is 8.61 Å². The summed E-state index contributed by atoms with van der Waals surface area (Å²) in [4.78, 5) is 30.6. The first-order valence-corrected chi connectivity index (χ1v) is 20.2. The van der Waals surface area contributed by atoms with Gasteiger partial charge in [-0.2, -0.15) is 0 Å². The predicted molar refractivity (Wildman–Crippen MR) is 175 cm³/mol. The molecule has 5 unspecified atom stereocenters. The van der Waals surface area contributed by atoms with Crippen LogP contribution < -0.4 is 11.0 Å². The van der Waals surface area contributed by atoms with Crippen LogP contribution >= 0.6 is 0 Å². The monoisotopic (exact) mass is 724 g/mol. The molecule has 15 nitrogen and oxygen atoms in total. The minimum absolute atomic E-state index is 0.0704. The molecule has 2 amide bonds. The summed E-state index contributed by atoms with van der Waals surface area (Å²) in [6.07, 6.45) is 4.48. The molecule has 5 aliphatic rings. The Kier molecular flexibility index (Phi) is 13.7. The summed E-state index contributed by atoms with van der Waals surface area (Å²) in [5.41, 5.74) is 3.95. The average Bonchev–Trinajstić information content (AvgIpc) is 3.07. The molecule has 5 rings (SSSR count). The van der Waals surface area contributed by atoms with Gasteiger partial charge in [0.1, 0.15) is 0 Å². The molecule has 0 saturated carbocycles. The van der Waals surface area contributed by atoms with Gasteiger partial charge < -0.3 is 14.2 Å². The van der Waals surface area contributed by atoms with Crippen LogP contribution in [0.15, 0.2) is 0 Å². The third-order valence-electron chi connectivity index (χ3n) is 10.3. The van der Waals surface area contributed by atoms with Crippen LogP contribution in [0, 0.1) is 23.7 Å². The van der Waals surface area contributed by atoms with E-state index in [1.54, 1.807) is 5.48 Å². The lowest BCUT2D eigenvalue weighted by Crippen LogP contribution is -2.61. The maximum Gasteiger partial charge on any atom is 0.266 e. The van der Waals surface area contributed by atoms with Crippen LogP contribution in [0.25, 0.3) is 0 Å². The molecule has 5 heterocycles. The van der Waals surface area contributed by atoms with Crippen LogP contribution in [-0.2, 0) is 48.7 Å². The predicted octanol–water partition coefficient (Wildman–Crippen LogP) is 1.77. The normalized spacial score (nSPS) is 31.9. The number of amides is 2. The zero-order chi connectivity index (χ0) is 35.2. The van der Waals surface area contributed by atoms with Gasteiger partial charge in [0.05, 0.1) is 0 Å². The Hall–Kier alpha value is -1.44. The number of sulfonamides is 2. The van der Waals surface area contributed by atoms with E-state index in [1.807, 2.05) is 13.8 Å². The summed E-state index contributed by atoms with van der Waals surface area (Å²) in [6.45, 7) is 11.4. The summed E-state index contributed by atoms with van der Waals surface area (Å²) in [5, 5.41) is 8.99. The molecule has 48 heavy (non-hydrogen) atoms. The van der Waals surface area contributed by atoms with Crippen molar-refractivity contribution < 1.29 is 50.7 Å². The van der Waals surface area contributed by atoms with Crippen molar-refractivity contribution in [3.63, 3.8) is 0 Å². The number of hydrogen-bond acceptors (Lipinski definition) is 11. The van der Waals surface area contributed by atoms with Crippen molar-refractivity contribution >= 4 is 31.9 Å². The molecular weight excluding hydrogens is 668 g/mol. The average molecular weight is 725 g/mol. The molecule has 0 spiro atoms. The van der Waals surface area contributed by atoms with Crippen molar-refractivity contribution in [1.82, 2.24) is 19.6 Å². The number of nitrogens with one attached hydrogen (secondary N) is 2. The second kappa shape index (κ2) is 16.7. The van der Waals surface area contributed by atoms with Gasteiger partial charge in [0.25, 0.3) is 11.8 Å². The van der Waals surface area contributed by atoms with E-state index < -0.39 is 47.6 Å². The number of ether oxygens (including phenoxy) is 3. The highest BCUT2D eigenvalue weighted by molar-refractivity contribution is 7.91. The molecule has 0 radical (unpaired) electrons. The SMILES string of the molecule is CC1CC(C)CN(S(=O)(=O)C2(C(=O)NO)CCOCC2)C1.CC1CC(C)CN(S(=O)(=O)C2(C(=O)NOC3CCCCO3)CCOCC2)C1. The quantitative estimate of drug-likeness (QED) is 0.244. The Balaban J connectivity index is 0.000000224. The van der Waals surface area contributed by atoms with E-state index in [-0.39, 0.29) is 75.8 Å². The lowest BCUT2D eigenvalue weighted by atomic mass is 9.93. The maximum atomic E-state index is 13.6. The van der Waals surface area contributed by atoms with Crippen molar-refractivity contribution in [3.05, 3.63) is 0 Å². The standard InChI is InChI=1S/C18H32N2O6S.C13H24N2O5S/c1-14-11-15(2)13-20(12-14)27(22,23)18(6-9-24-10-7-18)17(21)19-26-16-5-3-4-8-25-16;1-10-7-11(2)9-15(8-10)21(18,19)13(12(16)14-17)3-5-20-6-4-13/h14-16H,3-13H2,1-2H3,(H,19,21);10-11,17H,3-9H2,1-2H3,(H,14,16). The molecule has 0 aromatic carbocycles. The third-order valence-corrected chi connectivity index (χ3v) is 15.4. The van der Waals surface area contributed by atoms with Gasteiger partial charge in [-0.15, -0.1) is 0 Å². The summed E-state index contributed by atoms with van der Waals surface area (Å²) in [6, 6.07) is 0. The second-order valence-electron chi connectivity index (χ2n) is 14.5. The molecule has 0 aromatic heterocycles. The van der Waals surface area contributed by atoms with E-state index in [2.05, 4.69) is 19.3 Å². The summed E-state index contributed by atoms with van der Waals surface area (Å²) < 4.78 is 69.0. The molecule has 5 aliphatic heterocycles. The molecule has 5 saturated heterocycles. The van der Waals surface area contributed by atoms with Gasteiger partial charge >= 0.3 is 0 Å². The van der Waals surface area contributed by atoms with Crippen molar-refractivity contribution in [2.75, 3.05) is 59.2 Å². The molecule has 5 atom stereocenters. The number of nitrogens with zero attached hydrogens (tertiary/aromatic N) is 2. The van der Waals surface area contributed by atoms with Gasteiger partial charge in [-0.25, -0.2) is 41.2 Å². The van der Waals surface area contributed by atoms with Crippen LogP contribution in [0.4, 0.5) is 0 Å². The van der Waals surface area contributed by atoms with Crippen molar-refractivity contribution in [2.24, 2.45) is 23.7 Å². The van der Waals surface area contributed by atoms with Gasteiger partial charge in [0.15, 0.2) is 15.8 Å². The van der Waals surface area contributed by atoms with Crippen LogP contribution in [0.1, 0.15) is 85.5 Å². The zero-order valence-electron chi connectivity index (χ0n) is 28.9. The topological polar surface area (TPSA) is 190 Å². The Morgan fingerprint density at radius 2 is 1.10 bits per heavy atom. The van der Waals surface area contributed by atoms with Gasteiger partial charge in [-0.3, -0.25) is 14.8 Å². The third kappa shape index (κ3) is 8.53. The summed E-state index contributed by atoms with van der Waals surface area (Å²) >= 11 is 0. The summed E-state index contributed by atoms with van der Waals surface area (Å²) in [7, 11) is -7.69. The van der Waals surface area contributed by atoms with Crippen molar-refractivity contribution in [2.45, 2.75) is 101 Å². The van der Waals surface area contributed by atoms with Crippen molar-refractivity contribution in [1.29, 1.82) is 0 Å². The first kappa shape index (κ1) is 39.3. The number of piperidine rings is 2. The lowest BCUT2D eigenvalue weighted by Gasteiger charge is -2.42. The maximum absolute atomic E-state index is 13.6. The number of hydrogen-bond donors (Lipinski definition) is 3. The second-order valence-corrected chi connectivity index (χ2v) is 19.0. The smallest absolute Gasteiger partial charge is 0.266 e. The van der Waals surface area contributed by atoms with Crippen LogP contribution in [0.2, 0.25) is 0 Å². The number of carbonyl (C=O) groups excluding carboxylic acids is 2. The molecular formula is C31H56N4O11S2. The van der Waals surface area contributed by atoms with E-state index in [0.717, 1.165) is 25.7 Å². The highest BCUT2D eigenvalue weighted by Gasteiger charge is 2.56. The van der Waals surface area contributed by atoms with E-state index in [9.17, 15) is 26.4 Å². The minimum atomic E-state index is -3.84. The molecule has 0 aliphatic carbocycles. The van der Waals surface area contributed by atoms with Crippen LogP contribution in [0.5, 0.6) is 0 Å². The largest absolute Gasteiger partial charge is 0.381 e. The van der Waals surface area contributed by atoms with E-state index >= 15 is 0 Å². The minimum Gasteiger partial charge on any atom is -0.381 e. The van der Waals surface area contributed by atoms with Gasteiger partial charge in [0, 0.05) is 91.3 Å². The Bertz CT molecular complexity index is 1280. The van der Waals surface area contributed by atoms with Gasteiger partial charge in [0.2, 0.25) is 20.0 Å². The number of carbonyl (C=O) groups is 2. The van der Waals surface area contributed by atoms with E-state index in [0.29, 0.717) is 39.2 Å². The molecule has 17 heteroatoms. The van der Waals surface area contributed by atoms with Crippen molar-refractivity contribution in [3.8, 4) is 0 Å². The molecule has 0 bridgehead atoms. The fraction of sp³-hybridized carbons (Fsp3) is 0.935. The first-order valence-electron chi connectivity index (χ1n) is 17.4. The Morgan fingerprint density at radius 3 is 1.48 bits per heavy atom.